The number of ether oxygens (including phenoxy) is 1. The summed E-state index contributed by atoms with van der Waals surface area (Å²) in [4.78, 5) is 10.7. The van der Waals surface area contributed by atoms with E-state index in [1.165, 1.54) is 6.08 Å². The summed E-state index contributed by atoms with van der Waals surface area (Å²) in [7, 11) is 0. The Bertz CT molecular complexity index is 139. The van der Waals surface area contributed by atoms with Crippen LogP contribution in [0.4, 0.5) is 0 Å². The summed E-state index contributed by atoms with van der Waals surface area (Å²) >= 11 is 0. The van der Waals surface area contributed by atoms with Crippen molar-refractivity contribution in [1.82, 2.24) is 5.32 Å². The van der Waals surface area contributed by atoms with Crippen LogP contribution in [0.2, 0.25) is 0 Å². The molecular formula is C7H11NO2. The van der Waals surface area contributed by atoms with E-state index in [-0.39, 0.29) is 11.9 Å². The van der Waals surface area contributed by atoms with Gasteiger partial charge in [-0.3, -0.25) is 4.79 Å². The van der Waals surface area contributed by atoms with Gasteiger partial charge in [0, 0.05) is 6.61 Å². The summed E-state index contributed by atoms with van der Waals surface area (Å²) in [5, 5.41) is 2.75. The molecule has 0 saturated carbocycles. The number of amides is 1. The van der Waals surface area contributed by atoms with Gasteiger partial charge in [-0.05, 0) is 12.5 Å². The van der Waals surface area contributed by atoms with Crippen LogP contribution in [0, 0.1) is 0 Å². The molecule has 0 aliphatic carbocycles. The molecule has 1 N–H and O–H groups in total. The van der Waals surface area contributed by atoms with Crippen LogP contribution in [-0.2, 0) is 9.53 Å². The maximum Gasteiger partial charge on any atom is 0.243 e. The van der Waals surface area contributed by atoms with Gasteiger partial charge in [0.1, 0.15) is 0 Å². The highest BCUT2D eigenvalue weighted by atomic mass is 16.5. The largest absolute Gasteiger partial charge is 0.379 e. The molecule has 1 saturated heterocycles. The van der Waals surface area contributed by atoms with Crippen molar-refractivity contribution in [2.45, 2.75) is 12.5 Å². The number of hydrogen-bond donors (Lipinski definition) is 1. The van der Waals surface area contributed by atoms with Crippen LogP contribution in [0.25, 0.3) is 0 Å². The number of hydrogen-bond acceptors (Lipinski definition) is 2. The van der Waals surface area contributed by atoms with E-state index < -0.39 is 0 Å². The first-order valence-electron chi connectivity index (χ1n) is 3.33. The SMILES string of the molecule is C=CC(=O)NC1CCOC1. The summed E-state index contributed by atoms with van der Waals surface area (Å²) in [6.07, 6.45) is 2.19. The van der Waals surface area contributed by atoms with Crippen molar-refractivity contribution in [3.05, 3.63) is 12.7 Å². The first kappa shape index (κ1) is 7.28. The van der Waals surface area contributed by atoms with Crippen LogP contribution < -0.4 is 5.32 Å². The third kappa shape index (κ3) is 1.84. The molecule has 10 heavy (non-hydrogen) atoms. The smallest absolute Gasteiger partial charge is 0.243 e. The molecule has 56 valence electrons. The molecule has 0 aromatic carbocycles. The Morgan fingerprint density at radius 1 is 1.80 bits per heavy atom. The number of rotatable bonds is 2. The van der Waals surface area contributed by atoms with Crippen LogP contribution in [-0.4, -0.2) is 25.2 Å². The zero-order chi connectivity index (χ0) is 7.40. The van der Waals surface area contributed by atoms with E-state index in [0.29, 0.717) is 6.61 Å². The Hall–Kier alpha value is -0.830. The quantitative estimate of drug-likeness (QED) is 0.553. The molecule has 0 radical (unpaired) electrons. The van der Waals surface area contributed by atoms with Crippen molar-refractivity contribution < 1.29 is 9.53 Å². The van der Waals surface area contributed by atoms with Crippen LogP contribution in [0.15, 0.2) is 12.7 Å². The van der Waals surface area contributed by atoms with Gasteiger partial charge in [-0.25, -0.2) is 0 Å². The standard InChI is InChI=1S/C7H11NO2/c1-2-7(9)8-6-3-4-10-5-6/h2,6H,1,3-5H2,(H,8,9). The summed E-state index contributed by atoms with van der Waals surface area (Å²) in [5.74, 6) is -0.115. The Kier molecular flexibility index (Phi) is 2.45. The Labute approximate surface area is 60.1 Å². The van der Waals surface area contributed by atoms with Crippen molar-refractivity contribution in [1.29, 1.82) is 0 Å². The highest BCUT2D eigenvalue weighted by Crippen LogP contribution is 2.02. The summed E-state index contributed by atoms with van der Waals surface area (Å²) in [6, 6.07) is 0.200. The fraction of sp³-hybridized carbons (Fsp3) is 0.571. The molecule has 1 rings (SSSR count). The van der Waals surface area contributed by atoms with E-state index in [4.69, 9.17) is 4.74 Å². The zero-order valence-corrected chi connectivity index (χ0v) is 5.80. The molecule has 0 aromatic heterocycles. The van der Waals surface area contributed by atoms with Gasteiger partial charge in [0.2, 0.25) is 5.91 Å². The molecule has 0 aromatic rings. The molecule has 0 bridgehead atoms. The lowest BCUT2D eigenvalue weighted by Gasteiger charge is -2.06. The van der Waals surface area contributed by atoms with E-state index in [1.807, 2.05) is 0 Å². The molecule has 1 aliphatic heterocycles. The minimum Gasteiger partial charge on any atom is -0.379 e. The maximum absolute atomic E-state index is 10.7. The third-order valence-electron chi connectivity index (χ3n) is 1.46. The molecule has 1 aliphatic rings. The zero-order valence-electron chi connectivity index (χ0n) is 5.80. The Balaban J connectivity index is 2.23. The first-order chi connectivity index (χ1) is 4.83. The lowest BCUT2D eigenvalue weighted by atomic mass is 10.2. The lowest BCUT2D eigenvalue weighted by Crippen LogP contribution is -2.33. The van der Waals surface area contributed by atoms with Crippen molar-refractivity contribution in [3.8, 4) is 0 Å². The van der Waals surface area contributed by atoms with E-state index in [0.717, 1.165) is 13.0 Å². The molecule has 3 heteroatoms. The minimum atomic E-state index is -0.115. The highest BCUT2D eigenvalue weighted by molar-refractivity contribution is 5.87. The fourth-order valence-corrected chi connectivity index (χ4v) is 0.908. The van der Waals surface area contributed by atoms with Crippen molar-refractivity contribution >= 4 is 5.91 Å². The van der Waals surface area contributed by atoms with Gasteiger partial charge < -0.3 is 10.1 Å². The number of carbonyl (C=O) groups excluding carboxylic acids is 1. The van der Waals surface area contributed by atoms with Gasteiger partial charge >= 0.3 is 0 Å². The van der Waals surface area contributed by atoms with E-state index in [1.54, 1.807) is 0 Å². The second-order valence-electron chi connectivity index (χ2n) is 2.27. The van der Waals surface area contributed by atoms with Crippen LogP contribution in [0.3, 0.4) is 0 Å². The monoisotopic (exact) mass is 141 g/mol. The normalized spacial score (nSPS) is 24.2. The molecular weight excluding hydrogens is 130 g/mol. The van der Waals surface area contributed by atoms with Crippen LogP contribution in [0.5, 0.6) is 0 Å². The highest BCUT2D eigenvalue weighted by Gasteiger charge is 2.15. The average molecular weight is 141 g/mol. The van der Waals surface area contributed by atoms with Gasteiger partial charge in [0.25, 0.3) is 0 Å². The topological polar surface area (TPSA) is 38.3 Å². The van der Waals surface area contributed by atoms with E-state index >= 15 is 0 Å². The molecule has 1 fully saturated rings. The predicted molar refractivity (Wildman–Crippen MR) is 37.6 cm³/mol. The van der Waals surface area contributed by atoms with Crippen molar-refractivity contribution in [3.63, 3.8) is 0 Å². The van der Waals surface area contributed by atoms with E-state index in [2.05, 4.69) is 11.9 Å². The lowest BCUT2D eigenvalue weighted by molar-refractivity contribution is -0.117. The van der Waals surface area contributed by atoms with Crippen molar-refractivity contribution in [2.24, 2.45) is 0 Å². The average Bonchev–Trinajstić information content (AvgIpc) is 2.40. The van der Waals surface area contributed by atoms with Crippen LogP contribution >= 0.6 is 0 Å². The van der Waals surface area contributed by atoms with Gasteiger partial charge in [0.05, 0.1) is 12.6 Å². The molecule has 1 amide bonds. The minimum absolute atomic E-state index is 0.115. The van der Waals surface area contributed by atoms with Gasteiger partial charge in [0.15, 0.2) is 0 Å². The van der Waals surface area contributed by atoms with Gasteiger partial charge in [-0.15, -0.1) is 0 Å². The third-order valence-corrected chi connectivity index (χ3v) is 1.46. The predicted octanol–water partition coefficient (Wildman–Crippen LogP) is 0.0775. The van der Waals surface area contributed by atoms with Gasteiger partial charge in [-0.1, -0.05) is 6.58 Å². The molecule has 0 spiro atoms. The Morgan fingerprint density at radius 3 is 3.10 bits per heavy atom. The second-order valence-corrected chi connectivity index (χ2v) is 2.27. The summed E-state index contributed by atoms with van der Waals surface area (Å²) in [6.45, 7) is 4.74. The van der Waals surface area contributed by atoms with Gasteiger partial charge in [-0.2, -0.15) is 0 Å². The number of nitrogens with one attached hydrogen (secondary N) is 1. The Morgan fingerprint density at radius 2 is 2.60 bits per heavy atom. The maximum atomic E-state index is 10.7. The fourth-order valence-electron chi connectivity index (χ4n) is 0.908. The number of carbonyl (C=O) groups is 1. The van der Waals surface area contributed by atoms with E-state index in [9.17, 15) is 4.79 Å². The molecule has 1 unspecified atom stereocenters. The molecule has 1 atom stereocenters. The summed E-state index contributed by atoms with van der Waals surface area (Å²) in [5.41, 5.74) is 0. The summed E-state index contributed by atoms with van der Waals surface area (Å²) < 4.78 is 5.05. The molecule has 1 heterocycles. The second kappa shape index (κ2) is 3.37. The first-order valence-corrected chi connectivity index (χ1v) is 3.33. The van der Waals surface area contributed by atoms with Crippen molar-refractivity contribution in [2.75, 3.05) is 13.2 Å². The molecule has 3 nitrogen and oxygen atoms in total. The van der Waals surface area contributed by atoms with Crippen LogP contribution in [0.1, 0.15) is 6.42 Å².